The van der Waals surface area contributed by atoms with Crippen molar-refractivity contribution in [3.05, 3.63) is 70.1 Å². The Morgan fingerprint density at radius 1 is 1.27 bits per heavy atom. The van der Waals surface area contributed by atoms with E-state index in [0.29, 0.717) is 38.3 Å². The molecule has 0 saturated carbocycles. The first kappa shape index (κ1) is 20.0. The van der Waals surface area contributed by atoms with Crippen molar-refractivity contribution in [2.75, 3.05) is 18.2 Å². The summed E-state index contributed by atoms with van der Waals surface area (Å²) in [5.41, 5.74) is 1.29. The Morgan fingerprint density at radius 2 is 2.10 bits per heavy atom. The fourth-order valence-electron chi connectivity index (χ4n) is 2.84. The Kier molecular flexibility index (Phi) is 5.73. The third-order valence-corrected chi connectivity index (χ3v) is 5.29. The van der Waals surface area contributed by atoms with Crippen molar-refractivity contribution in [1.29, 1.82) is 0 Å². The van der Waals surface area contributed by atoms with Crippen LogP contribution in [0.15, 0.2) is 64.7 Å². The number of carbonyl (C=O) groups is 1. The number of hydrogen-bond acceptors (Lipinski definition) is 6. The fraction of sp³-hybridized carbons (Fsp3) is 0.100. The maximum absolute atomic E-state index is 12.5. The first-order chi connectivity index (χ1) is 14.5. The lowest BCUT2D eigenvalue weighted by atomic mass is 10.3. The number of rotatable bonds is 6. The molecule has 10 heteroatoms. The average Bonchev–Trinajstić information content (AvgIpc) is 3.16. The Bertz CT molecular complexity index is 1290. The van der Waals surface area contributed by atoms with E-state index in [1.165, 1.54) is 6.20 Å². The number of aromatic nitrogens is 4. The molecule has 4 aromatic rings. The van der Waals surface area contributed by atoms with Crippen molar-refractivity contribution in [2.24, 2.45) is 0 Å². The molecule has 0 aliphatic heterocycles. The number of nitrogens with one attached hydrogen (secondary N) is 2. The van der Waals surface area contributed by atoms with Gasteiger partial charge in [0.05, 0.1) is 19.1 Å². The highest BCUT2D eigenvalue weighted by atomic mass is 35.5. The number of fused-ring (bicyclic) bond motifs is 1. The number of benzene rings is 2. The van der Waals surface area contributed by atoms with Gasteiger partial charge in [0.1, 0.15) is 16.8 Å². The van der Waals surface area contributed by atoms with Crippen LogP contribution in [0, 0.1) is 0 Å². The molecule has 0 fully saturated rings. The maximum Gasteiger partial charge on any atom is 0.262 e. The maximum atomic E-state index is 12.5. The average molecular weight is 442 g/mol. The van der Waals surface area contributed by atoms with E-state index >= 15 is 0 Å². The molecule has 0 aliphatic carbocycles. The van der Waals surface area contributed by atoms with Crippen LogP contribution in [0.5, 0.6) is 5.75 Å². The zero-order chi connectivity index (χ0) is 21.1. The predicted molar refractivity (Wildman–Crippen MR) is 117 cm³/mol. The quantitative estimate of drug-likeness (QED) is 0.350. The lowest BCUT2D eigenvalue weighted by Crippen LogP contribution is -2.15. The number of para-hydroxylation sites is 2. The minimum absolute atomic E-state index is 0.0593. The minimum Gasteiger partial charge on any atom is -0.494 e. The molecule has 2 heterocycles. The van der Waals surface area contributed by atoms with Crippen LogP contribution in [-0.2, 0) is 4.79 Å². The van der Waals surface area contributed by atoms with Crippen molar-refractivity contribution in [2.45, 2.75) is 5.16 Å². The number of thioether (sulfide) groups is 1. The van der Waals surface area contributed by atoms with E-state index in [1.54, 1.807) is 42.1 Å². The molecule has 1 amide bonds. The van der Waals surface area contributed by atoms with Gasteiger partial charge in [0, 0.05) is 10.7 Å². The van der Waals surface area contributed by atoms with E-state index in [1.807, 2.05) is 18.2 Å². The second-order valence-corrected chi connectivity index (χ2v) is 7.58. The summed E-state index contributed by atoms with van der Waals surface area (Å²) in [5, 5.41) is 8.22. The van der Waals surface area contributed by atoms with E-state index in [2.05, 4.69) is 20.4 Å². The third-order valence-electron chi connectivity index (χ3n) is 4.18. The third kappa shape index (κ3) is 4.17. The molecule has 4 rings (SSSR count). The zero-order valence-corrected chi connectivity index (χ0v) is 17.3. The van der Waals surface area contributed by atoms with Crippen LogP contribution in [0.3, 0.4) is 0 Å². The first-order valence-corrected chi connectivity index (χ1v) is 10.2. The summed E-state index contributed by atoms with van der Waals surface area (Å²) < 4.78 is 6.92. The van der Waals surface area contributed by atoms with Crippen molar-refractivity contribution in [3.63, 3.8) is 0 Å². The predicted octanol–water partition coefficient (Wildman–Crippen LogP) is 3.50. The molecule has 2 N–H and O–H groups in total. The van der Waals surface area contributed by atoms with Gasteiger partial charge in [0.15, 0.2) is 10.8 Å². The molecule has 2 aromatic carbocycles. The number of H-pyrrole nitrogens is 1. The Hall–Kier alpha value is -3.30. The summed E-state index contributed by atoms with van der Waals surface area (Å²) in [5.74, 6) is 0.409. The lowest BCUT2D eigenvalue weighted by Gasteiger charge is -2.09. The van der Waals surface area contributed by atoms with Gasteiger partial charge in [0.2, 0.25) is 5.91 Å². The Morgan fingerprint density at radius 3 is 2.90 bits per heavy atom. The second kappa shape index (κ2) is 8.60. The summed E-state index contributed by atoms with van der Waals surface area (Å²) in [4.78, 5) is 31.9. The highest BCUT2D eigenvalue weighted by Gasteiger charge is 2.15. The molecule has 0 radical (unpaired) electrons. The van der Waals surface area contributed by atoms with E-state index in [0.717, 1.165) is 11.8 Å². The molecule has 0 saturated heterocycles. The number of ether oxygens (including phenoxy) is 1. The van der Waals surface area contributed by atoms with Gasteiger partial charge in [-0.3, -0.25) is 9.59 Å². The van der Waals surface area contributed by atoms with Crippen LogP contribution in [0.1, 0.15) is 0 Å². The summed E-state index contributed by atoms with van der Waals surface area (Å²) in [6, 6.07) is 14.2. The van der Waals surface area contributed by atoms with Crippen molar-refractivity contribution >= 4 is 46.0 Å². The number of aromatic amines is 1. The van der Waals surface area contributed by atoms with E-state index in [9.17, 15) is 9.59 Å². The molecular formula is C20H16ClN5O3S. The minimum atomic E-state index is -0.334. The largest absolute Gasteiger partial charge is 0.494 e. The van der Waals surface area contributed by atoms with E-state index < -0.39 is 0 Å². The normalized spacial score (nSPS) is 10.9. The van der Waals surface area contributed by atoms with Gasteiger partial charge in [-0.2, -0.15) is 5.10 Å². The van der Waals surface area contributed by atoms with Gasteiger partial charge in [-0.25, -0.2) is 9.67 Å². The van der Waals surface area contributed by atoms with Crippen molar-refractivity contribution in [3.8, 4) is 11.4 Å². The van der Waals surface area contributed by atoms with Crippen molar-refractivity contribution < 1.29 is 9.53 Å². The van der Waals surface area contributed by atoms with Gasteiger partial charge in [-0.05, 0) is 30.3 Å². The molecule has 0 spiro atoms. The van der Waals surface area contributed by atoms with Gasteiger partial charge in [-0.1, -0.05) is 41.6 Å². The molecule has 0 atom stereocenters. The zero-order valence-electron chi connectivity index (χ0n) is 15.8. The second-order valence-electron chi connectivity index (χ2n) is 6.18. The fourth-order valence-corrected chi connectivity index (χ4v) is 3.69. The van der Waals surface area contributed by atoms with Crippen LogP contribution in [0.2, 0.25) is 5.02 Å². The summed E-state index contributed by atoms with van der Waals surface area (Å²) in [7, 11) is 1.56. The van der Waals surface area contributed by atoms with Gasteiger partial charge >= 0.3 is 0 Å². The first-order valence-electron chi connectivity index (χ1n) is 8.85. The number of hydrogen-bond donors (Lipinski definition) is 2. The number of halogens is 1. The summed E-state index contributed by atoms with van der Waals surface area (Å²) in [6.45, 7) is 0. The molecule has 30 heavy (non-hydrogen) atoms. The molecule has 8 nitrogen and oxygen atoms in total. The monoisotopic (exact) mass is 441 g/mol. The number of nitrogens with zero attached hydrogens (tertiary/aromatic N) is 3. The number of carbonyl (C=O) groups excluding carboxylic acids is 1. The topological polar surface area (TPSA) is 102 Å². The molecule has 152 valence electrons. The number of anilines is 1. The van der Waals surface area contributed by atoms with Crippen LogP contribution < -0.4 is 15.6 Å². The highest BCUT2D eigenvalue weighted by molar-refractivity contribution is 7.99. The highest BCUT2D eigenvalue weighted by Crippen LogP contribution is 2.25. The van der Waals surface area contributed by atoms with Crippen LogP contribution >= 0.6 is 23.4 Å². The Balaban J connectivity index is 1.58. The van der Waals surface area contributed by atoms with E-state index in [4.69, 9.17) is 16.3 Å². The molecule has 0 bridgehead atoms. The summed E-state index contributed by atoms with van der Waals surface area (Å²) in [6.07, 6.45) is 1.45. The molecular weight excluding hydrogens is 426 g/mol. The van der Waals surface area contributed by atoms with Gasteiger partial charge in [0.25, 0.3) is 5.56 Å². The van der Waals surface area contributed by atoms with Crippen LogP contribution in [0.25, 0.3) is 16.7 Å². The van der Waals surface area contributed by atoms with Crippen molar-refractivity contribution in [1.82, 2.24) is 19.7 Å². The lowest BCUT2D eigenvalue weighted by molar-refractivity contribution is -0.113. The van der Waals surface area contributed by atoms with Crippen LogP contribution in [-0.4, -0.2) is 38.5 Å². The molecule has 0 unspecified atom stereocenters. The SMILES string of the molecule is COc1ccccc1-n1ncc2c(=O)[nH]c(SCC(=O)Nc3cccc(Cl)c3)nc21. The van der Waals surface area contributed by atoms with E-state index in [-0.39, 0.29) is 17.2 Å². The number of amides is 1. The standard InChI is InChI=1S/C20H16ClN5O3S/c1-29-16-8-3-2-7-15(16)26-18-14(10-22-26)19(28)25-20(24-18)30-11-17(27)23-13-6-4-5-12(21)9-13/h2-10H,11H2,1H3,(H,23,27)(H,24,25,28). The summed E-state index contributed by atoms with van der Waals surface area (Å²) >= 11 is 7.04. The van der Waals surface area contributed by atoms with Crippen LogP contribution in [0.4, 0.5) is 5.69 Å². The molecule has 0 aliphatic rings. The van der Waals surface area contributed by atoms with Gasteiger partial charge < -0.3 is 15.0 Å². The van der Waals surface area contributed by atoms with Gasteiger partial charge in [-0.15, -0.1) is 0 Å². The Labute approximate surface area is 180 Å². The number of methoxy groups -OCH3 is 1. The molecule has 2 aromatic heterocycles. The smallest absolute Gasteiger partial charge is 0.262 e.